The summed E-state index contributed by atoms with van der Waals surface area (Å²) in [6.07, 6.45) is 0. The molecule has 4 rings (SSSR count). The SMILES string of the molecule is O=C(Nc1ccc(-c2cc3ccccc3[nH]2)cc1)Nc1cccc(F)c1. The Hall–Kier alpha value is -3.60. The Morgan fingerprint density at radius 2 is 1.58 bits per heavy atom. The number of para-hydroxylation sites is 1. The second kappa shape index (κ2) is 6.72. The molecule has 0 saturated heterocycles. The van der Waals surface area contributed by atoms with Gasteiger partial charge in [0, 0.05) is 28.0 Å². The predicted molar refractivity (Wildman–Crippen MR) is 103 cm³/mol. The molecule has 1 aromatic heterocycles. The molecule has 3 N–H and O–H groups in total. The van der Waals surface area contributed by atoms with Gasteiger partial charge in [-0.1, -0.05) is 36.4 Å². The van der Waals surface area contributed by atoms with E-state index < -0.39 is 11.8 Å². The molecule has 4 nitrogen and oxygen atoms in total. The quantitative estimate of drug-likeness (QED) is 0.443. The smallest absolute Gasteiger partial charge is 0.323 e. The van der Waals surface area contributed by atoms with E-state index in [1.54, 1.807) is 12.1 Å². The summed E-state index contributed by atoms with van der Waals surface area (Å²) in [6.45, 7) is 0. The highest BCUT2D eigenvalue weighted by molar-refractivity contribution is 5.99. The lowest BCUT2D eigenvalue weighted by Gasteiger charge is -2.08. The van der Waals surface area contributed by atoms with E-state index in [4.69, 9.17) is 0 Å². The first-order valence-corrected chi connectivity index (χ1v) is 8.19. The Kier molecular flexibility index (Phi) is 4.11. The molecule has 2 amide bonds. The fraction of sp³-hybridized carbons (Fsp3) is 0. The van der Waals surface area contributed by atoms with Crippen molar-refractivity contribution in [1.82, 2.24) is 4.98 Å². The number of benzene rings is 3. The van der Waals surface area contributed by atoms with E-state index in [0.717, 1.165) is 22.2 Å². The highest BCUT2D eigenvalue weighted by Gasteiger charge is 2.06. The number of fused-ring (bicyclic) bond motifs is 1. The minimum Gasteiger partial charge on any atom is -0.355 e. The van der Waals surface area contributed by atoms with Crippen LogP contribution in [0, 0.1) is 5.82 Å². The number of halogens is 1. The van der Waals surface area contributed by atoms with E-state index in [1.165, 1.54) is 12.1 Å². The third-order valence-corrected chi connectivity index (χ3v) is 4.07. The number of hydrogen-bond acceptors (Lipinski definition) is 1. The van der Waals surface area contributed by atoms with Crippen LogP contribution in [0.15, 0.2) is 78.9 Å². The van der Waals surface area contributed by atoms with E-state index in [0.29, 0.717) is 11.4 Å². The maximum absolute atomic E-state index is 13.2. The first-order chi connectivity index (χ1) is 12.7. The molecule has 1 heterocycles. The van der Waals surface area contributed by atoms with Crippen molar-refractivity contribution >= 4 is 28.3 Å². The van der Waals surface area contributed by atoms with Gasteiger partial charge < -0.3 is 15.6 Å². The summed E-state index contributed by atoms with van der Waals surface area (Å²) in [6, 6.07) is 23.0. The number of carbonyl (C=O) groups excluding carboxylic acids is 1. The molecule has 0 aliphatic carbocycles. The van der Waals surface area contributed by atoms with Gasteiger partial charge in [0.15, 0.2) is 0 Å². The first kappa shape index (κ1) is 15.9. The molecule has 0 unspecified atom stereocenters. The van der Waals surface area contributed by atoms with Gasteiger partial charge in [0.2, 0.25) is 0 Å². The molecule has 5 heteroatoms. The van der Waals surface area contributed by atoms with Crippen molar-refractivity contribution in [3.05, 3.63) is 84.7 Å². The Morgan fingerprint density at radius 1 is 0.808 bits per heavy atom. The molecule has 4 aromatic rings. The molecule has 128 valence electrons. The molecule has 0 aliphatic heterocycles. The lowest BCUT2D eigenvalue weighted by Crippen LogP contribution is -2.19. The van der Waals surface area contributed by atoms with Gasteiger partial charge in [-0.3, -0.25) is 0 Å². The van der Waals surface area contributed by atoms with Crippen LogP contribution in [0.4, 0.5) is 20.6 Å². The van der Waals surface area contributed by atoms with Crippen LogP contribution >= 0.6 is 0 Å². The van der Waals surface area contributed by atoms with Gasteiger partial charge in [-0.15, -0.1) is 0 Å². The number of nitrogens with one attached hydrogen (secondary N) is 3. The topological polar surface area (TPSA) is 56.9 Å². The fourth-order valence-electron chi connectivity index (χ4n) is 2.82. The van der Waals surface area contributed by atoms with Gasteiger partial charge in [0.05, 0.1) is 0 Å². The summed E-state index contributed by atoms with van der Waals surface area (Å²) in [5.41, 5.74) is 4.18. The standard InChI is InChI=1S/C21H16FN3O/c22-16-5-3-6-18(13-16)24-21(26)23-17-10-8-14(9-11-17)20-12-15-4-1-2-7-19(15)25-20/h1-13,25H,(H2,23,24,26). The second-order valence-electron chi connectivity index (χ2n) is 5.94. The van der Waals surface area contributed by atoms with E-state index in [9.17, 15) is 9.18 Å². The minimum absolute atomic E-state index is 0.398. The summed E-state index contributed by atoms with van der Waals surface area (Å²) in [5, 5.41) is 6.48. The van der Waals surface area contributed by atoms with E-state index >= 15 is 0 Å². The molecule has 3 aromatic carbocycles. The monoisotopic (exact) mass is 345 g/mol. The molecular formula is C21H16FN3O. The molecule has 0 spiro atoms. The van der Waals surface area contributed by atoms with Crippen molar-refractivity contribution in [3.63, 3.8) is 0 Å². The van der Waals surface area contributed by atoms with Crippen LogP contribution in [0.3, 0.4) is 0 Å². The number of aromatic amines is 1. The van der Waals surface area contributed by atoms with Crippen LogP contribution in [-0.4, -0.2) is 11.0 Å². The van der Waals surface area contributed by atoms with Crippen LogP contribution in [0.1, 0.15) is 0 Å². The third-order valence-electron chi connectivity index (χ3n) is 4.07. The minimum atomic E-state index is -0.422. The Bertz CT molecular complexity index is 1040. The van der Waals surface area contributed by atoms with Gasteiger partial charge >= 0.3 is 6.03 Å². The number of aromatic nitrogens is 1. The Balaban J connectivity index is 1.46. The number of anilines is 2. The third kappa shape index (κ3) is 3.42. The largest absolute Gasteiger partial charge is 0.355 e. The van der Waals surface area contributed by atoms with Crippen LogP contribution < -0.4 is 10.6 Å². The average molecular weight is 345 g/mol. The van der Waals surface area contributed by atoms with E-state index in [-0.39, 0.29) is 0 Å². The van der Waals surface area contributed by atoms with Gasteiger partial charge in [-0.2, -0.15) is 0 Å². The van der Waals surface area contributed by atoms with Crippen molar-refractivity contribution in [1.29, 1.82) is 0 Å². The molecule has 0 bridgehead atoms. The highest BCUT2D eigenvalue weighted by Crippen LogP contribution is 2.25. The lowest BCUT2D eigenvalue weighted by atomic mass is 10.1. The van der Waals surface area contributed by atoms with Crippen LogP contribution in [0.5, 0.6) is 0 Å². The number of rotatable bonds is 3. The molecule has 0 aliphatic rings. The van der Waals surface area contributed by atoms with E-state index in [1.807, 2.05) is 42.5 Å². The van der Waals surface area contributed by atoms with Crippen LogP contribution in [0.25, 0.3) is 22.2 Å². The van der Waals surface area contributed by atoms with Crippen molar-refractivity contribution in [2.45, 2.75) is 0 Å². The summed E-state index contributed by atoms with van der Waals surface area (Å²) < 4.78 is 13.2. The molecular weight excluding hydrogens is 329 g/mol. The molecule has 0 atom stereocenters. The maximum Gasteiger partial charge on any atom is 0.323 e. The summed E-state index contributed by atoms with van der Waals surface area (Å²) in [7, 11) is 0. The van der Waals surface area contributed by atoms with Crippen molar-refractivity contribution in [2.24, 2.45) is 0 Å². The Morgan fingerprint density at radius 3 is 2.35 bits per heavy atom. The Labute approximate surface area is 149 Å². The highest BCUT2D eigenvalue weighted by atomic mass is 19.1. The zero-order chi connectivity index (χ0) is 17.9. The van der Waals surface area contributed by atoms with Crippen LogP contribution in [0.2, 0.25) is 0 Å². The van der Waals surface area contributed by atoms with E-state index in [2.05, 4.69) is 27.8 Å². The van der Waals surface area contributed by atoms with Crippen LogP contribution in [-0.2, 0) is 0 Å². The second-order valence-corrected chi connectivity index (χ2v) is 5.94. The number of urea groups is 1. The molecule has 26 heavy (non-hydrogen) atoms. The average Bonchev–Trinajstić information content (AvgIpc) is 3.06. The first-order valence-electron chi connectivity index (χ1n) is 8.19. The summed E-state index contributed by atoms with van der Waals surface area (Å²) in [5.74, 6) is -0.398. The summed E-state index contributed by atoms with van der Waals surface area (Å²) >= 11 is 0. The van der Waals surface area contributed by atoms with Crippen molar-refractivity contribution in [3.8, 4) is 11.3 Å². The van der Waals surface area contributed by atoms with Gasteiger partial charge in [-0.25, -0.2) is 9.18 Å². The van der Waals surface area contributed by atoms with Gasteiger partial charge in [-0.05, 0) is 48.0 Å². The number of hydrogen-bond donors (Lipinski definition) is 3. The normalized spacial score (nSPS) is 10.7. The molecule has 0 radical (unpaired) electrons. The summed E-state index contributed by atoms with van der Waals surface area (Å²) in [4.78, 5) is 15.4. The maximum atomic E-state index is 13.2. The van der Waals surface area contributed by atoms with Gasteiger partial charge in [0.25, 0.3) is 0 Å². The number of amides is 2. The molecule has 0 saturated carbocycles. The number of H-pyrrole nitrogens is 1. The van der Waals surface area contributed by atoms with Crippen molar-refractivity contribution < 1.29 is 9.18 Å². The fourth-order valence-corrected chi connectivity index (χ4v) is 2.82. The predicted octanol–water partition coefficient (Wildman–Crippen LogP) is 5.62. The number of carbonyl (C=O) groups is 1. The zero-order valence-corrected chi connectivity index (χ0v) is 13.8. The van der Waals surface area contributed by atoms with Crippen molar-refractivity contribution in [2.75, 3.05) is 10.6 Å². The van der Waals surface area contributed by atoms with Gasteiger partial charge in [0.1, 0.15) is 5.82 Å². The lowest BCUT2D eigenvalue weighted by molar-refractivity contribution is 0.262. The zero-order valence-electron chi connectivity index (χ0n) is 13.8. The molecule has 0 fully saturated rings.